The summed E-state index contributed by atoms with van der Waals surface area (Å²) < 4.78 is 39.4. The van der Waals surface area contributed by atoms with E-state index >= 15 is 0 Å². The molecule has 2 aliphatic rings. The highest BCUT2D eigenvalue weighted by atomic mass is 19.4. The van der Waals surface area contributed by atoms with E-state index in [4.69, 9.17) is 0 Å². The van der Waals surface area contributed by atoms with Gasteiger partial charge in [0.2, 0.25) is 5.91 Å². The number of amides is 1. The molecule has 1 atom stereocenters. The van der Waals surface area contributed by atoms with Crippen LogP contribution in [0.25, 0.3) is 17.2 Å². The lowest BCUT2D eigenvalue weighted by Gasteiger charge is -2.26. The van der Waals surface area contributed by atoms with Crippen molar-refractivity contribution in [3.05, 3.63) is 63.7 Å². The molecule has 0 spiro atoms. The van der Waals surface area contributed by atoms with E-state index in [-0.39, 0.29) is 47.6 Å². The number of hydrogen-bond acceptors (Lipinski definition) is 7. The molecule has 1 fully saturated rings. The molecule has 1 unspecified atom stereocenters. The van der Waals surface area contributed by atoms with Crippen molar-refractivity contribution in [1.29, 1.82) is 0 Å². The molecule has 0 saturated heterocycles. The van der Waals surface area contributed by atoms with E-state index in [2.05, 4.69) is 35.3 Å². The molecule has 4 aromatic heterocycles. The quantitative estimate of drug-likeness (QED) is 0.408. The summed E-state index contributed by atoms with van der Waals surface area (Å²) >= 11 is 0. The fraction of sp³-hybridized carbons (Fsp3) is 0.375. The van der Waals surface area contributed by atoms with Gasteiger partial charge in [0.25, 0.3) is 5.56 Å². The summed E-state index contributed by atoms with van der Waals surface area (Å²) in [6, 6.07) is 3.62. The van der Waals surface area contributed by atoms with Gasteiger partial charge in [-0.15, -0.1) is 0 Å². The predicted octanol–water partition coefficient (Wildman–Crippen LogP) is 3.11. The van der Waals surface area contributed by atoms with Gasteiger partial charge >= 0.3 is 6.18 Å². The van der Waals surface area contributed by atoms with E-state index in [9.17, 15) is 22.8 Å². The molecule has 5 heterocycles. The van der Waals surface area contributed by atoms with Gasteiger partial charge < -0.3 is 10.3 Å². The summed E-state index contributed by atoms with van der Waals surface area (Å²) in [7, 11) is 0. The number of aryl methyl sites for hydroxylation is 2. The van der Waals surface area contributed by atoms with Crippen LogP contribution in [-0.4, -0.2) is 46.6 Å². The highest BCUT2D eigenvalue weighted by Crippen LogP contribution is 2.54. The van der Waals surface area contributed by atoms with Gasteiger partial charge in [0.15, 0.2) is 11.5 Å². The first-order valence-electron chi connectivity index (χ1n) is 11.8. The standard InChI is InChI=1S/C24H21F3N8O2/c1-12-4-7-16(28-9-12)24(13-5-6-13)17-19(34-22(24)37)32-18(33-21(17)36)15-10-35-20(29-11-30-35)14(31-15)3-2-8-23(25,26)27/h4,7,9-11,13H,2-3,5-6,8H2,1H3,(H2,32,33,34,36,37). The van der Waals surface area contributed by atoms with Crippen molar-refractivity contribution in [2.45, 2.75) is 50.6 Å². The molecular formula is C24H21F3N8O2. The van der Waals surface area contributed by atoms with Gasteiger partial charge in [0.1, 0.15) is 23.3 Å². The zero-order chi connectivity index (χ0) is 25.9. The number of aromatic nitrogens is 7. The first-order chi connectivity index (χ1) is 17.7. The highest BCUT2D eigenvalue weighted by Gasteiger charge is 2.60. The second-order valence-corrected chi connectivity index (χ2v) is 9.47. The third kappa shape index (κ3) is 3.85. The molecule has 1 aliphatic heterocycles. The Kier molecular flexibility index (Phi) is 5.14. The number of H-pyrrole nitrogens is 1. The number of halogens is 3. The summed E-state index contributed by atoms with van der Waals surface area (Å²) in [6.07, 6.45) is 0.537. The molecule has 1 aliphatic carbocycles. The van der Waals surface area contributed by atoms with E-state index in [0.29, 0.717) is 17.0 Å². The van der Waals surface area contributed by atoms with Crippen LogP contribution in [0.1, 0.15) is 48.2 Å². The molecule has 190 valence electrons. The average Bonchev–Trinajstić information content (AvgIpc) is 3.49. The molecule has 1 amide bonds. The molecule has 0 radical (unpaired) electrons. The number of carbonyl (C=O) groups excluding carboxylic acids is 1. The molecule has 10 nitrogen and oxygen atoms in total. The molecule has 37 heavy (non-hydrogen) atoms. The van der Waals surface area contributed by atoms with Crippen molar-refractivity contribution in [3.8, 4) is 11.5 Å². The molecule has 1 saturated carbocycles. The Morgan fingerprint density at radius 1 is 1.16 bits per heavy atom. The fourth-order valence-electron chi connectivity index (χ4n) is 5.06. The number of pyridine rings is 1. The number of hydrogen-bond donors (Lipinski definition) is 2. The second-order valence-electron chi connectivity index (χ2n) is 9.47. The fourth-order valence-corrected chi connectivity index (χ4v) is 5.06. The Hall–Kier alpha value is -4.16. The van der Waals surface area contributed by atoms with Crippen molar-refractivity contribution in [3.63, 3.8) is 0 Å². The Morgan fingerprint density at radius 3 is 2.68 bits per heavy atom. The Balaban J connectivity index is 1.44. The molecule has 4 aromatic rings. The van der Waals surface area contributed by atoms with Crippen LogP contribution < -0.4 is 10.9 Å². The smallest absolute Gasteiger partial charge is 0.309 e. The van der Waals surface area contributed by atoms with Crippen molar-refractivity contribution in [2.24, 2.45) is 5.92 Å². The lowest BCUT2D eigenvalue weighted by atomic mass is 9.74. The molecule has 13 heteroatoms. The van der Waals surface area contributed by atoms with Gasteiger partial charge in [0, 0.05) is 12.6 Å². The number of anilines is 1. The van der Waals surface area contributed by atoms with Crippen LogP contribution in [0.2, 0.25) is 0 Å². The van der Waals surface area contributed by atoms with Gasteiger partial charge in [-0.25, -0.2) is 19.5 Å². The number of nitrogens with one attached hydrogen (secondary N) is 2. The maximum absolute atomic E-state index is 13.5. The first-order valence-corrected chi connectivity index (χ1v) is 11.8. The minimum atomic E-state index is -4.28. The van der Waals surface area contributed by atoms with Crippen molar-refractivity contribution < 1.29 is 18.0 Å². The number of carbonyl (C=O) groups is 1. The van der Waals surface area contributed by atoms with Gasteiger partial charge in [-0.05, 0) is 50.2 Å². The zero-order valence-corrected chi connectivity index (χ0v) is 19.6. The summed E-state index contributed by atoms with van der Waals surface area (Å²) in [5.41, 5.74) is 0.685. The summed E-state index contributed by atoms with van der Waals surface area (Å²) in [6.45, 7) is 1.89. The number of fused-ring (bicyclic) bond motifs is 2. The monoisotopic (exact) mass is 510 g/mol. The second kappa shape index (κ2) is 8.18. The molecule has 0 aromatic carbocycles. The average molecular weight is 510 g/mol. The van der Waals surface area contributed by atoms with Crippen LogP contribution in [0.3, 0.4) is 0 Å². The largest absolute Gasteiger partial charge is 0.389 e. The van der Waals surface area contributed by atoms with E-state index in [1.165, 1.54) is 17.0 Å². The lowest BCUT2D eigenvalue weighted by Crippen LogP contribution is -2.42. The highest BCUT2D eigenvalue weighted by molar-refractivity contribution is 6.08. The van der Waals surface area contributed by atoms with E-state index < -0.39 is 23.6 Å². The maximum atomic E-state index is 13.5. The van der Waals surface area contributed by atoms with Crippen LogP contribution in [0, 0.1) is 12.8 Å². The van der Waals surface area contributed by atoms with Gasteiger partial charge in [-0.3, -0.25) is 14.6 Å². The van der Waals surface area contributed by atoms with Crippen LogP contribution in [0.5, 0.6) is 0 Å². The molecule has 6 rings (SSSR count). The number of alkyl halides is 3. The van der Waals surface area contributed by atoms with Gasteiger partial charge in [0.05, 0.1) is 23.1 Å². The topological polar surface area (TPSA) is 131 Å². The van der Waals surface area contributed by atoms with E-state index in [1.807, 2.05) is 13.0 Å². The Morgan fingerprint density at radius 2 is 1.97 bits per heavy atom. The first kappa shape index (κ1) is 23.3. The van der Waals surface area contributed by atoms with Crippen LogP contribution in [-0.2, 0) is 16.6 Å². The summed E-state index contributed by atoms with van der Waals surface area (Å²) in [5.74, 6) is -0.259. The third-order valence-electron chi connectivity index (χ3n) is 6.86. The maximum Gasteiger partial charge on any atom is 0.389 e. The van der Waals surface area contributed by atoms with Crippen LogP contribution in [0.4, 0.5) is 19.0 Å². The van der Waals surface area contributed by atoms with Crippen LogP contribution >= 0.6 is 0 Å². The third-order valence-corrected chi connectivity index (χ3v) is 6.86. The van der Waals surface area contributed by atoms with Gasteiger partial charge in [-0.1, -0.05) is 6.07 Å². The van der Waals surface area contributed by atoms with Crippen LogP contribution in [0.15, 0.2) is 35.6 Å². The molecule has 2 N–H and O–H groups in total. The van der Waals surface area contributed by atoms with Crippen molar-refractivity contribution in [2.75, 3.05) is 5.32 Å². The zero-order valence-electron chi connectivity index (χ0n) is 19.6. The van der Waals surface area contributed by atoms with E-state index in [1.54, 1.807) is 12.3 Å². The normalized spacial score (nSPS) is 19.3. The summed E-state index contributed by atoms with van der Waals surface area (Å²) in [4.78, 5) is 47.2. The predicted molar refractivity (Wildman–Crippen MR) is 125 cm³/mol. The minimum Gasteiger partial charge on any atom is -0.309 e. The minimum absolute atomic E-state index is 0.00529. The molecule has 0 bridgehead atoms. The van der Waals surface area contributed by atoms with E-state index in [0.717, 1.165) is 18.4 Å². The summed E-state index contributed by atoms with van der Waals surface area (Å²) in [5, 5.41) is 6.85. The number of rotatable bonds is 6. The lowest BCUT2D eigenvalue weighted by molar-refractivity contribution is -0.135. The molecular weight excluding hydrogens is 489 g/mol. The van der Waals surface area contributed by atoms with Gasteiger partial charge in [-0.2, -0.15) is 18.3 Å². The SMILES string of the molecule is Cc1ccc(C2(C3CC3)C(=O)Nc3nc(-c4cn5ncnc5c(CCCC(F)(F)F)n4)[nH]c(=O)c32)nc1. The van der Waals surface area contributed by atoms with Crippen molar-refractivity contribution >= 4 is 17.4 Å². The Bertz CT molecular complexity index is 1590. The number of aromatic amines is 1. The van der Waals surface area contributed by atoms with Crippen molar-refractivity contribution in [1.82, 2.24) is 34.5 Å². The Labute approximate surface area is 207 Å². The number of nitrogens with zero attached hydrogens (tertiary/aromatic N) is 6.